The summed E-state index contributed by atoms with van der Waals surface area (Å²) in [6.07, 6.45) is 5.04. The van der Waals surface area contributed by atoms with E-state index in [0.717, 1.165) is 31.2 Å². The Hall–Kier alpha value is -1.84. The third kappa shape index (κ3) is 3.07. The number of β-lactam (4-membered cyclic amide) rings is 1. The quantitative estimate of drug-likeness (QED) is 0.767. The molecule has 0 radical (unpaired) electrons. The highest BCUT2D eigenvalue weighted by molar-refractivity contribution is 6.02. The van der Waals surface area contributed by atoms with Crippen molar-refractivity contribution in [1.29, 1.82) is 0 Å². The first-order valence-corrected chi connectivity index (χ1v) is 9.66. The summed E-state index contributed by atoms with van der Waals surface area (Å²) in [4.78, 5) is 30.1. The van der Waals surface area contributed by atoms with Crippen molar-refractivity contribution in [2.45, 2.75) is 71.5 Å². The number of benzene rings is 1. The van der Waals surface area contributed by atoms with E-state index in [-0.39, 0.29) is 23.9 Å². The summed E-state index contributed by atoms with van der Waals surface area (Å²) in [6, 6.07) is 9.90. The Morgan fingerprint density at radius 2 is 1.84 bits per heavy atom. The van der Waals surface area contributed by atoms with E-state index in [2.05, 4.69) is 12.1 Å². The number of likely N-dealkylation sites (N-methyl/N-ethyl adjacent to an activating group) is 1. The fourth-order valence-electron chi connectivity index (χ4n) is 4.57. The van der Waals surface area contributed by atoms with Crippen molar-refractivity contribution in [1.82, 2.24) is 9.80 Å². The van der Waals surface area contributed by atoms with Gasteiger partial charge in [0.1, 0.15) is 6.04 Å². The van der Waals surface area contributed by atoms with E-state index in [1.165, 1.54) is 6.42 Å². The van der Waals surface area contributed by atoms with Crippen molar-refractivity contribution < 1.29 is 9.59 Å². The van der Waals surface area contributed by atoms with Gasteiger partial charge < -0.3 is 9.80 Å². The number of carbonyl (C=O) groups is 2. The van der Waals surface area contributed by atoms with Crippen LogP contribution in [-0.2, 0) is 16.1 Å². The Bertz CT molecular complexity index is 620. The summed E-state index contributed by atoms with van der Waals surface area (Å²) in [6.45, 7) is 7.33. The molecule has 1 saturated carbocycles. The van der Waals surface area contributed by atoms with Gasteiger partial charge in [-0.2, -0.15) is 0 Å². The highest BCUT2D eigenvalue weighted by atomic mass is 16.2. The third-order valence-corrected chi connectivity index (χ3v) is 5.91. The van der Waals surface area contributed by atoms with Crippen molar-refractivity contribution in [3.05, 3.63) is 35.9 Å². The molecular weight excluding hydrogens is 312 g/mol. The van der Waals surface area contributed by atoms with Crippen molar-refractivity contribution >= 4 is 11.8 Å². The molecule has 1 saturated heterocycles. The van der Waals surface area contributed by atoms with Gasteiger partial charge in [-0.05, 0) is 39.2 Å². The van der Waals surface area contributed by atoms with Crippen LogP contribution in [0.4, 0.5) is 0 Å². The molecule has 4 heteroatoms. The standard InChI is InChI=1S/C21H30N2O2/c1-4-22(15-17-11-7-5-8-12-17)19(24)18-21(13-9-6-10-14-21)20(25)23(18)16(2)3/h5,7-8,11-12,16,18H,4,6,9-10,13-15H2,1-3H3. The number of amides is 2. The largest absolute Gasteiger partial charge is 0.337 e. The molecular formula is C21H30N2O2. The average molecular weight is 342 g/mol. The van der Waals surface area contributed by atoms with Gasteiger partial charge in [0.2, 0.25) is 11.8 Å². The van der Waals surface area contributed by atoms with Gasteiger partial charge in [0.15, 0.2) is 0 Å². The second-order valence-electron chi connectivity index (χ2n) is 7.76. The minimum Gasteiger partial charge on any atom is -0.337 e. The van der Waals surface area contributed by atoms with Crippen molar-refractivity contribution in [2.75, 3.05) is 6.54 Å². The second-order valence-corrected chi connectivity index (χ2v) is 7.76. The lowest BCUT2D eigenvalue weighted by Gasteiger charge is -2.59. The third-order valence-electron chi connectivity index (χ3n) is 5.91. The zero-order valence-corrected chi connectivity index (χ0v) is 15.7. The number of rotatable bonds is 5. The van der Waals surface area contributed by atoms with E-state index in [9.17, 15) is 9.59 Å². The Morgan fingerprint density at radius 1 is 1.20 bits per heavy atom. The maximum absolute atomic E-state index is 13.4. The second kappa shape index (κ2) is 7.19. The Kier molecular flexibility index (Phi) is 5.16. The summed E-state index contributed by atoms with van der Waals surface area (Å²) < 4.78 is 0. The van der Waals surface area contributed by atoms with Crippen molar-refractivity contribution in [3.8, 4) is 0 Å². The summed E-state index contributed by atoms with van der Waals surface area (Å²) in [7, 11) is 0. The van der Waals surface area contributed by atoms with Gasteiger partial charge >= 0.3 is 0 Å². The number of likely N-dealkylation sites (tertiary alicyclic amines) is 1. The van der Waals surface area contributed by atoms with Crippen LogP contribution in [0.5, 0.6) is 0 Å². The van der Waals surface area contributed by atoms with Gasteiger partial charge in [0, 0.05) is 19.1 Å². The molecule has 1 unspecified atom stereocenters. The van der Waals surface area contributed by atoms with Gasteiger partial charge in [-0.3, -0.25) is 9.59 Å². The molecule has 136 valence electrons. The van der Waals surface area contributed by atoms with Gasteiger partial charge in [0.05, 0.1) is 5.41 Å². The first-order valence-electron chi connectivity index (χ1n) is 9.66. The molecule has 0 N–H and O–H groups in total. The van der Waals surface area contributed by atoms with Gasteiger partial charge in [-0.15, -0.1) is 0 Å². The Labute approximate surface area is 151 Å². The van der Waals surface area contributed by atoms with Crippen molar-refractivity contribution in [3.63, 3.8) is 0 Å². The molecule has 0 bridgehead atoms. The molecule has 4 nitrogen and oxygen atoms in total. The summed E-state index contributed by atoms with van der Waals surface area (Å²) in [5, 5.41) is 0. The van der Waals surface area contributed by atoms with Crippen LogP contribution in [0, 0.1) is 5.41 Å². The zero-order valence-electron chi connectivity index (χ0n) is 15.7. The fourth-order valence-corrected chi connectivity index (χ4v) is 4.57. The van der Waals surface area contributed by atoms with E-state index in [1.807, 2.05) is 48.8 Å². The van der Waals surface area contributed by atoms with E-state index >= 15 is 0 Å². The Morgan fingerprint density at radius 3 is 2.40 bits per heavy atom. The van der Waals surface area contributed by atoms with Crippen LogP contribution in [0.1, 0.15) is 58.4 Å². The summed E-state index contributed by atoms with van der Waals surface area (Å²) >= 11 is 0. The predicted octanol–water partition coefficient (Wildman–Crippen LogP) is 3.60. The molecule has 2 amide bonds. The molecule has 2 aliphatic rings. The average Bonchev–Trinajstić information content (AvgIpc) is 2.64. The smallest absolute Gasteiger partial charge is 0.246 e. The van der Waals surface area contributed by atoms with E-state index in [4.69, 9.17) is 0 Å². The molecule has 0 aromatic heterocycles. The molecule has 1 spiro atoms. The lowest BCUT2D eigenvalue weighted by molar-refractivity contribution is -0.189. The van der Waals surface area contributed by atoms with Crippen molar-refractivity contribution in [2.24, 2.45) is 5.41 Å². The monoisotopic (exact) mass is 342 g/mol. The molecule has 1 aliphatic carbocycles. The van der Waals surface area contributed by atoms with Gasteiger partial charge in [-0.25, -0.2) is 0 Å². The molecule has 1 aromatic rings. The van der Waals surface area contributed by atoms with Crippen LogP contribution in [0.2, 0.25) is 0 Å². The Balaban J connectivity index is 1.84. The number of nitrogens with zero attached hydrogens (tertiary/aromatic N) is 2. The molecule has 2 fully saturated rings. The lowest BCUT2D eigenvalue weighted by Crippen LogP contribution is -2.75. The van der Waals surface area contributed by atoms with Crippen LogP contribution in [0.25, 0.3) is 0 Å². The number of hydrogen-bond acceptors (Lipinski definition) is 2. The molecule has 1 aromatic carbocycles. The molecule has 1 atom stereocenters. The normalized spacial score (nSPS) is 22.2. The first kappa shape index (κ1) is 18.0. The first-order chi connectivity index (χ1) is 12.0. The van der Waals surface area contributed by atoms with E-state index in [0.29, 0.717) is 13.1 Å². The van der Waals surface area contributed by atoms with E-state index < -0.39 is 5.41 Å². The van der Waals surface area contributed by atoms with Gasteiger partial charge in [-0.1, -0.05) is 49.6 Å². The molecule has 1 heterocycles. The zero-order chi connectivity index (χ0) is 18.0. The lowest BCUT2D eigenvalue weighted by atomic mass is 9.61. The minimum absolute atomic E-state index is 0.0735. The SMILES string of the molecule is CCN(Cc1ccccc1)C(=O)C1N(C(C)C)C(=O)C12CCCCC2. The minimum atomic E-state index is -0.427. The van der Waals surface area contributed by atoms with Gasteiger partial charge in [0.25, 0.3) is 0 Å². The number of carbonyl (C=O) groups excluding carboxylic acids is 2. The highest BCUT2D eigenvalue weighted by Crippen LogP contribution is 2.51. The summed E-state index contributed by atoms with van der Waals surface area (Å²) in [5.74, 6) is 0.331. The van der Waals surface area contributed by atoms with Crippen LogP contribution in [0.15, 0.2) is 30.3 Å². The molecule has 1 aliphatic heterocycles. The predicted molar refractivity (Wildman–Crippen MR) is 98.8 cm³/mol. The van der Waals surface area contributed by atoms with Crippen LogP contribution >= 0.6 is 0 Å². The highest BCUT2D eigenvalue weighted by Gasteiger charge is 2.64. The fraction of sp³-hybridized carbons (Fsp3) is 0.619. The van der Waals surface area contributed by atoms with Crippen LogP contribution < -0.4 is 0 Å². The molecule has 3 rings (SSSR count). The topological polar surface area (TPSA) is 40.6 Å². The summed E-state index contributed by atoms with van der Waals surface area (Å²) in [5.41, 5.74) is 0.709. The van der Waals surface area contributed by atoms with E-state index in [1.54, 1.807) is 0 Å². The number of hydrogen-bond donors (Lipinski definition) is 0. The maximum atomic E-state index is 13.4. The molecule has 25 heavy (non-hydrogen) atoms. The van der Waals surface area contributed by atoms with Crippen LogP contribution in [0.3, 0.4) is 0 Å². The van der Waals surface area contributed by atoms with Crippen LogP contribution in [-0.4, -0.2) is 40.2 Å². The maximum Gasteiger partial charge on any atom is 0.246 e.